The summed E-state index contributed by atoms with van der Waals surface area (Å²) in [5.74, 6) is -1.04. The molecule has 1 aliphatic carbocycles. The van der Waals surface area contributed by atoms with Crippen molar-refractivity contribution in [2.24, 2.45) is 5.92 Å². The second kappa shape index (κ2) is 3.65. The summed E-state index contributed by atoms with van der Waals surface area (Å²) in [4.78, 5) is 11.3. The SMILES string of the molecule is CCOC(=O)[C@@H]1C[C@]1(F)c1ccccc1. The number of rotatable bonds is 3. The molecule has 1 fully saturated rings. The van der Waals surface area contributed by atoms with Crippen molar-refractivity contribution in [1.29, 1.82) is 0 Å². The maximum Gasteiger partial charge on any atom is 0.312 e. The van der Waals surface area contributed by atoms with Gasteiger partial charge in [-0.2, -0.15) is 0 Å². The molecule has 0 N–H and O–H groups in total. The van der Waals surface area contributed by atoms with Crippen molar-refractivity contribution in [1.82, 2.24) is 0 Å². The van der Waals surface area contributed by atoms with Crippen LogP contribution < -0.4 is 0 Å². The van der Waals surface area contributed by atoms with Gasteiger partial charge in [-0.25, -0.2) is 4.39 Å². The van der Waals surface area contributed by atoms with Crippen molar-refractivity contribution in [3.63, 3.8) is 0 Å². The van der Waals surface area contributed by atoms with E-state index in [9.17, 15) is 9.18 Å². The molecule has 0 amide bonds. The van der Waals surface area contributed by atoms with Crippen LogP contribution in [0.1, 0.15) is 18.9 Å². The van der Waals surface area contributed by atoms with Gasteiger partial charge in [-0.1, -0.05) is 30.3 Å². The lowest BCUT2D eigenvalue weighted by Gasteiger charge is -2.07. The summed E-state index contributed by atoms with van der Waals surface area (Å²) >= 11 is 0. The Hall–Kier alpha value is -1.38. The van der Waals surface area contributed by atoms with E-state index >= 15 is 0 Å². The third kappa shape index (κ3) is 1.74. The third-order valence-electron chi connectivity index (χ3n) is 2.72. The van der Waals surface area contributed by atoms with Crippen LogP contribution in [-0.4, -0.2) is 12.6 Å². The van der Waals surface area contributed by atoms with Crippen LogP contribution in [0, 0.1) is 5.92 Å². The van der Waals surface area contributed by atoms with E-state index in [-0.39, 0.29) is 6.42 Å². The summed E-state index contributed by atoms with van der Waals surface area (Å²) in [5.41, 5.74) is -0.920. The summed E-state index contributed by atoms with van der Waals surface area (Å²) < 4.78 is 19.0. The molecule has 1 aliphatic rings. The Labute approximate surface area is 88.1 Å². The van der Waals surface area contributed by atoms with Crippen LogP contribution >= 0.6 is 0 Å². The summed E-state index contributed by atoms with van der Waals surface area (Å²) in [5, 5.41) is 0. The van der Waals surface area contributed by atoms with Crippen molar-refractivity contribution >= 4 is 5.97 Å². The highest BCUT2D eigenvalue weighted by molar-refractivity contribution is 5.78. The van der Waals surface area contributed by atoms with Crippen molar-refractivity contribution in [3.8, 4) is 0 Å². The maximum atomic E-state index is 14.2. The first kappa shape index (κ1) is 10.1. The minimum atomic E-state index is -1.49. The lowest BCUT2D eigenvalue weighted by Crippen LogP contribution is -2.13. The fourth-order valence-corrected chi connectivity index (χ4v) is 1.79. The summed E-state index contributed by atoms with van der Waals surface area (Å²) in [6, 6.07) is 8.79. The fourth-order valence-electron chi connectivity index (χ4n) is 1.79. The first-order valence-corrected chi connectivity index (χ1v) is 5.09. The molecule has 1 aromatic carbocycles. The largest absolute Gasteiger partial charge is 0.466 e. The van der Waals surface area contributed by atoms with E-state index in [1.54, 1.807) is 31.2 Å². The number of hydrogen-bond donors (Lipinski definition) is 0. The highest BCUT2D eigenvalue weighted by atomic mass is 19.1. The van der Waals surface area contributed by atoms with Crippen LogP contribution in [0.25, 0.3) is 0 Å². The van der Waals surface area contributed by atoms with Gasteiger partial charge >= 0.3 is 5.97 Å². The highest BCUT2D eigenvalue weighted by Gasteiger charge is 2.61. The van der Waals surface area contributed by atoms with Crippen LogP contribution in [0.15, 0.2) is 30.3 Å². The van der Waals surface area contributed by atoms with E-state index in [1.807, 2.05) is 6.07 Å². The lowest BCUT2D eigenvalue weighted by atomic mass is 10.1. The standard InChI is InChI=1S/C12H13FO2/c1-2-15-11(14)10-8-12(10,13)9-6-4-3-5-7-9/h3-7,10H,2,8H2,1H3/t10-,12-/m0/s1. The number of alkyl halides is 1. The van der Waals surface area contributed by atoms with Crippen molar-refractivity contribution < 1.29 is 13.9 Å². The average Bonchev–Trinajstić information content (AvgIpc) is 2.94. The van der Waals surface area contributed by atoms with Gasteiger partial charge in [-0.15, -0.1) is 0 Å². The fraction of sp³-hybridized carbons (Fsp3) is 0.417. The number of carbonyl (C=O) groups is 1. The topological polar surface area (TPSA) is 26.3 Å². The molecule has 0 radical (unpaired) electrons. The molecule has 2 rings (SSSR count). The molecule has 1 saturated carbocycles. The monoisotopic (exact) mass is 208 g/mol. The first-order valence-electron chi connectivity index (χ1n) is 5.09. The first-order chi connectivity index (χ1) is 7.18. The molecular formula is C12H13FO2. The molecule has 0 heterocycles. The molecule has 15 heavy (non-hydrogen) atoms. The van der Waals surface area contributed by atoms with Gasteiger partial charge < -0.3 is 4.74 Å². The third-order valence-corrected chi connectivity index (χ3v) is 2.72. The van der Waals surface area contributed by atoms with Crippen LogP contribution in [0.4, 0.5) is 4.39 Å². The minimum Gasteiger partial charge on any atom is -0.466 e. The molecule has 0 saturated heterocycles. The van der Waals surface area contributed by atoms with E-state index in [0.717, 1.165) is 0 Å². The summed E-state index contributed by atoms with van der Waals surface area (Å²) in [6.07, 6.45) is 0.246. The molecule has 2 nitrogen and oxygen atoms in total. The highest BCUT2D eigenvalue weighted by Crippen LogP contribution is 2.56. The number of carbonyl (C=O) groups excluding carboxylic acids is 1. The molecule has 80 valence electrons. The lowest BCUT2D eigenvalue weighted by molar-refractivity contribution is -0.145. The van der Waals surface area contributed by atoms with Crippen LogP contribution in [-0.2, 0) is 15.2 Å². The van der Waals surface area contributed by atoms with E-state index in [1.165, 1.54) is 0 Å². The predicted molar refractivity (Wildman–Crippen MR) is 54.0 cm³/mol. The van der Waals surface area contributed by atoms with Gasteiger partial charge in [0.1, 0.15) is 5.67 Å². The molecule has 3 heteroatoms. The predicted octanol–water partition coefficient (Wildman–Crippen LogP) is 2.43. The normalized spacial score (nSPS) is 28.5. The second-order valence-corrected chi connectivity index (χ2v) is 3.74. The summed E-state index contributed by atoms with van der Waals surface area (Å²) in [7, 11) is 0. The minimum absolute atomic E-state index is 0.246. The smallest absolute Gasteiger partial charge is 0.312 e. The molecule has 0 aromatic heterocycles. The van der Waals surface area contributed by atoms with E-state index in [0.29, 0.717) is 12.2 Å². The molecule has 0 spiro atoms. The van der Waals surface area contributed by atoms with E-state index in [4.69, 9.17) is 4.74 Å². The molecule has 0 aliphatic heterocycles. The molecule has 0 unspecified atom stereocenters. The van der Waals surface area contributed by atoms with Crippen molar-refractivity contribution in [2.75, 3.05) is 6.61 Å². The van der Waals surface area contributed by atoms with Gasteiger partial charge in [0.2, 0.25) is 0 Å². The molecule has 1 aromatic rings. The van der Waals surface area contributed by atoms with Gasteiger partial charge in [0, 0.05) is 6.42 Å². The Kier molecular flexibility index (Phi) is 2.47. The summed E-state index contributed by atoms with van der Waals surface area (Å²) in [6.45, 7) is 2.03. The van der Waals surface area contributed by atoms with Crippen LogP contribution in [0.3, 0.4) is 0 Å². The number of ether oxygens (including phenoxy) is 1. The molecule has 0 bridgehead atoms. The van der Waals surface area contributed by atoms with Gasteiger partial charge in [0.15, 0.2) is 0 Å². The number of hydrogen-bond acceptors (Lipinski definition) is 2. The Morgan fingerprint density at radius 2 is 2.20 bits per heavy atom. The Balaban J connectivity index is 2.10. The van der Waals surface area contributed by atoms with Crippen molar-refractivity contribution in [3.05, 3.63) is 35.9 Å². The van der Waals surface area contributed by atoms with Crippen LogP contribution in [0.2, 0.25) is 0 Å². The Morgan fingerprint density at radius 3 is 2.80 bits per heavy atom. The Bertz CT molecular complexity index is 363. The average molecular weight is 208 g/mol. The van der Waals surface area contributed by atoms with Gasteiger partial charge in [0.25, 0.3) is 0 Å². The van der Waals surface area contributed by atoms with E-state index in [2.05, 4.69) is 0 Å². The second-order valence-electron chi connectivity index (χ2n) is 3.74. The zero-order valence-electron chi connectivity index (χ0n) is 8.57. The zero-order valence-corrected chi connectivity index (χ0v) is 8.57. The van der Waals surface area contributed by atoms with Gasteiger partial charge in [0.05, 0.1) is 12.5 Å². The number of esters is 1. The quantitative estimate of drug-likeness (QED) is 0.713. The zero-order chi connectivity index (χ0) is 10.9. The van der Waals surface area contributed by atoms with Gasteiger partial charge in [-0.3, -0.25) is 4.79 Å². The van der Waals surface area contributed by atoms with Crippen molar-refractivity contribution in [2.45, 2.75) is 19.0 Å². The molecule has 2 atom stereocenters. The number of halogens is 1. The number of benzene rings is 1. The molecular weight excluding hydrogens is 195 g/mol. The Morgan fingerprint density at radius 1 is 1.53 bits per heavy atom. The van der Waals surface area contributed by atoms with E-state index < -0.39 is 17.6 Å². The van der Waals surface area contributed by atoms with Crippen LogP contribution in [0.5, 0.6) is 0 Å². The van der Waals surface area contributed by atoms with Gasteiger partial charge in [-0.05, 0) is 12.5 Å². The maximum absolute atomic E-state index is 14.2.